The fraction of sp³-hybridized carbons (Fsp3) is 0.647. The SMILES string of the molecule is CCCC[N+](C)(C)CCOP(=O)(O)OCCCc1ccc(O)c(O)c1. The van der Waals surface area contributed by atoms with Gasteiger partial charge in [-0.2, -0.15) is 0 Å². The molecule has 3 N–H and O–H groups in total. The Morgan fingerprint density at radius 3 is 2.36 bits per heavy atom. The number of likely N-dealkylation sites (N-methyl/N-ethyl adjacent to an activating group) is 1. The topological polar surface area (TPSA) is 96.2 Å². The highest BCUT2D eigenvalue weighted by atomic mass is 31.2. The molecule has 0 aliphatic carbocycles. The first kappa shape index (κ1) is 21.9. The first-order chi connectivity index (χ1) is 11.7. The van der Waals surface area contributed by atoms with Gasteiger partial charge < -0.3 is 19.6 Å². The minimum Gasteiger partial charge on any atom is -0.504 e. The smallest absolute Gasteiger partial charge is 0.472 e. The number of hydrogen-bond acceptors (Lipinski definition) is 5. The van der Waals surface area contributed by atoms with E-state index < -0.39 is 7.82 Å². The van der Waals surface area contributed by atoms with Crippen LogP contribution in [0.4, 0.5) is 0 Å². The van der Waals surface area contributed by atoms with Crippen LogP contribution in [0.15, 0.2) is 18.2 Å². The molecule has 1 aromatic rings. The highest BCUT2D eigenvalue weighted by Gasteiger charge is 2.23. The van der Waals surface area contributed by atoms with Crippen molar-refractivity contribution in [2.45, 2.75) is 32.6 Å². The van der Waals surface area contributed by atoms with Gasteiger partial charge in [-0.15, -0.1) is 0 Å². The summed E-state index contributed by atoms with van der Waals surface area (Å²) in [6, 6.07) is 4.55. The summed E-state index contributed by atoms with van der Waals surface area (Å²) in [5.41, 5.74) is 0.808. The van der Waals surface area contributed by atoms with E-state index >= 15 is 0 Å². The lowest BCUT2D eigenvalue weighted by atomic mass is 10.1. The summed E-state index contributed by atoms with van der Waals surface area (Å²) in [5, 5.41) is 18.7. The molecule has 0 aromatic heterocycles. The first-order valence-electron chi connectivity index (χ1n) is 8.60. The van der Waals surface area contributed by atoms with Crippen molar-refractivity contribution in [3.63, 3.8) is 0 Å². The third-order valence-corrected chi connectivity index (χ3v) is 4.99. The van der Waals surface area contributed by atoms with Gasteiger partial charge in [-0.25, -0.2) is 4.57 Å². The number of phenolic OH excluding ortho intramolecular Hbond substituents is 2. The molecule has 0 bridgehead atoms. The van der Waals surface area contributed by atoms with Crippen molar-refractivity contribution in [3.05, 3.63) is 23.8 Å². The number of hydrogen-bond donors (Lipinski definition) is 3. The van der Waals surface area contributed by atoms with Gasteiger partial charge in [-0.3, -0.25) is 9.05 Å². The van der Waals surface area contributed by atoms with Crippen molar-refractivity contribution >= 4 is 7.82 Å². The van der Waals surface area contributed by atoms with E-state index in [1.54, 1.807) is 6.07 Å². The second-order valence-electron chi connectivity index (χ2n) is 6.80. The molecule has 0 spiro atoms. The molecule has 7 nitrogen and oxygen atoms in total. The number of quaternary nitrogens is 1. The van der Waals surface area contributed by atoms with Crippen LogP contribution in [0.5, 0.6) is 11.5 Å². The second-order valence-corrected chi connectivity index (χ2v) is 8.25. The molecule has 1 atom stereocenters. The lowest BCUT2D eigenvalue weighted by Gasteiger charge is -2.29. The van der Waals surface area contributed by atoms with E-state index in [1.807, 2.05) is 0 Å². The normalized spacial score (nSPS) is 14.4. The van der Waals surface area contributed by atoms with E-state index in [0.717, 1.165) is 29.4 Å². The maximum absolute atomic E-state index is 11.9. The predicted molar refractivity (Wildman–Crippen MR) is 96.6 cm³/mol. The summed E-state index contributed by atoms with van der Waals surface area (Å²) >= 11 is 0. The zero-order valence-electron chi connectivity index (χ0n) is 15.3. The molecule has 0 radical (unpaired) electrons. The van der Waals surface area contributed by atoms with Gasteiger partial charge in [0, 0.05) is 0 Å². The Hall–Kier alpha value is -1.11. The fourth-order valence-corrected chi connectivity index (χ4v) is 3.07. The van der Waals surface area contributed by atoms with Crippen molar-refractivity contribution in [3.8, 4) is 11.5 Å². The monoisotopic (exact) mass is 376 g/mol. The summed E-state index contributed by atoms with van der Waals surface area (Å²) in [5.74, 6) is -0.355. The average Bonchev–Trinajstić information content (AvgIpc) is 2.52. The number of aryl methyl sites for hydroxylation is 1. The molecule has 0 heterocycles. The average molecular weight is 376 g/mol. The van der Waals surface area contributed by atoms with Crippen LogP contribution in [0.3, 0.4) is 0 Å². The van der Waals surface area contributed by atoms with E-state index in [2.05, 4.69) is 21.0 Å². The lowest BCUT2D eigenvalue weighted by molar-refractivity contribution is -0.890. The van der Waals surface area contributed by atoms with E-state index in [9.17, 15) is 19.7 Å². The third-order valence-electron chi connectivity index (χ3n) is 3.97. The molecular formula is C17H31NO6P+. The van der Waals surface area contributed by atoms with Crippen LogP contribution >= 0.6 is 7.82 Å². The highest BCUT2D eigenvalue weighted by molar-refractivity contribution is 7.47. The summed E-state index contributed by atoms with van der Waals surface area (Å²) in [4.78, 5) is 9.70. The molecule has 0 saturated heterocycles. The molecule has 0 amide bonds. The standard InChI is InChI=1S/C17H30NO6P/c1-4-5-10-18(2,3)11-13-24-25(21,22)23-12-6-7-15-8-9-16(19)17(20)14-15/h8-9,14H,4-7,10-13H2,1-3H3,(H2-,19,20,21,22)/p+1. The van der Waals surface area contributed by atoms with Crippen LogP contribution in [-0.4, -0.2) is 60.0 Å². The van der Waals surface area contributed by atoms with Crippen molar-refractivity contribution in [1.82, 2.24) is 0 Å². The second kappa shape index (κ2) is 10.1. The Morgan fingerprint density at radius 2 is 1.72 bits per heavy atom. The van der Waals surface area contributed by atoms with Crippen LogP contribution in [-0.2, 0) is 20.0 Å². The number of rotatable bonds is 12. The summed E-state index contributed by atoms with van der Waals surface area (Å²) < 4.78 is 22.6. The molecule has 8 heteroatoms. The first-order valence-corrected chi connectivity index (χ1v) is 10.1. The number of aromatic hydroxyl groups is 2. The van der Waals surface area contributed by atoms with E-state index in [4.69, 9.17) is 9.05 Å². The molecular weight excluding hydrogens is 345 g/mol. The number of benzene rings is 1. The maximum Gasteiger partial charge on any atom is 0.472 e. The Labute approximate surface area is 150 Å². The van der Waals surface area contributed by atoms with Crippen molar-refractivity contribution in [1.29, 1.82) is 0 Å². The largest absolute Gasteiger partial charge is 0.504 e. The Balaban J connectivity index is 2.26. The zero-order chi connectivity index (χ0) is 18.9. The third kappa shape index (κ3) is 9.23. The Bertz CT molecular complexity index is 578. The van der Waals surface area contributed by atoms with E-state index in [-0.39, 0.29) is 24.7 Å². The number of phosphoric acid groups is 1. The van der Waals surface area contributed by atoms with Gasteiger partial charge in [0.15, 0.2) is 11.5 Å². The van der Waals surface area contributed by atoms with Crippen LogP contribution in [0.25, 0.3) is 0 Å². The van der Waals surface area contributed by atoms with Gasteiger partial charge in [-0.05, 0) is 37.0 Å². The van der Waals surface area contributed by atoms with Gasteiger partial charge in [0.05, 0.1) is 27.2 Å². The fourth-order valence-electron chi connectivity index (χ4n) is 2.32. The molecule has 0 aliphatic rings. The van der Waals surface area contributed by atoms with Gasteiger partial charge in [0.2, 0.25) is 0 Å². The van der Waals surface area contributed by atoms with E-state index in [1.165, 1.54) is 12.1 Å². The molecule has 0 fully saturated rings. The molecule has 1 unspecified atom stereocenters. The minimum absolute atomic E-state index is 0.0729. The Morgan fingerprint density at radius 1 is 1.04 bits per heavy atom. The van der Waals surface area contributed by atoms with Crippen LogP contribution in [0, 0.1) is 0 Å². The van der Waals surface area contributed by atoms with Gasteiger partial charge in [-0.1, -0.05) is 19.4 Å². The molecule has 25 heavy (non-hydrogen) atoms. The van der Waals surface area contributed by atoms with Gasteiger partial charge in [0.1, 0.15) is 13.2 Å². The highest BCUT2D eigenvalue weighted by Crippen LogP contribution is 2.43. The van der Waals surface area contributed by atoms with Crippen molar-refractivity contribution in [2.24, 2.45) is 0 Å². The molecule has 0 aliphatic heterocycles. The van der Waals surface area contributed by atoms with E-state index in [0.29, 0.717) is 19.4 Å². The number of phenols is 2. The van der Waals surface area contributed by atoms with Gasteiger partial charge >= 0.3 is 7.82 Å². The molecule has 1 rings (SSSR count). The molecule has 1 aromatic carbocycles. The van der Waals surface area contributed by atoms with Crippen LogP contribution in [0.1, 0.15) is 31.7 Å². The molecule has 0 saturated carbocycles. The number of nitrogens with zero attached hydrogens (tertiary/aromatic N) is 1. The zero-order valence-corrected chi connectivity index (χ0v) is 16.2. The summed E-state index contributed by atoms with van der Waals surface area (Å²) in [7, 11) is 0.0870. The number of unbranched alkanes of at least 4 members (excludes halogenated alkanes) is 1. The van der Waals surface area contributed by atoms with Crippen LogP contribution in [0.2, 0.25) is 0 Å². The summed E-state index contributed by atoms with van der Waals surface area (Å²) in [6.45, 7) is 4.00. The van der Waals surface area contributed by atoms with Gasteiger partial charge in [0.25, 0.3) is 0 Å². The molecule has 144 valence electrons. The summed E-state index contributed by atoms with van der Waals surface area (Å²) in [6.07, 6.45) is 3.26. The van der Waals surface area contributed by atoms with Crippen molar-refractivity contribution < 1.29 is 33.2 Å². The Kier molecular flexibility index (Phi) is 8.89. The van der Waals surface area contributed by atoms with Crippen molar-refractivity contribution in [2.75, 3.05) is 40.4 Å². The van der Waals surface area contributed by atoms with Crippen LogP contribution < -0.4 is 0 Å². The number of phosphoric ester groups is 1. The lowest BCUT2D eigenvalue weighted by Crippen LogP contribution is -2.42. The minimum atomic E-state index is -4.04. The predicted octanol–water partition coefficient (Wildman–Crippen LogP) is 3.04. The maximum atomic E-state index is 11.9. The quantitative estimate of drug-likeness (QED) is 0.225.